The fourth-order valence-electron chi connectivity index (χ4n) is 2.24. The van der Waals surface area contributed by atoms with Gasteiger partial charge in [0.2, 0.25) is 0 Å². The lowest BCUT2D eigenvalue weighted by Gasteiger charge is -2.11. The molecule has 2 N–H and O–H groups in total. The molecule has 0 saturated carbocycles. The van der Waals surface area contributed by atoms with Crippen LogP contribution < -0.4 is 10.6 Å². The number of nitrogens with one attached hydrogen (secondary N) is 2. The minimum absolute atomic E-state index is 0.175. The van der Waals surface area contributed by atoms with E-state index in [1.165, 1.54) is 0 Å². The highest BCUT2D eigenvalue weighted by Gasteiger charge is 2.12. The first-order valence-corrected chi connectivity index (χ1v) is 8.53. The topological polar surface area (TPSA) is 54.0 Å². The Kier molecular flexibility index (Phi) is 5.08. The summed E-state index contributed by atoms with van der Waals surface area (Å²) < 4.78 is 0.857. The Hall–Kier alpha value is -2.02. The van der Waals surface area contributed by atoms with Gasteiger partial charge in [-0.1, -0.05) is 35.9 Å². The third kappa shape index (κ3) is 3.72. The predicted molar refractivity (Wildman–Crippen MR) is 105 cm³/mol. The van der Waals surface area contributed by atoms with Crippen molar-refractivity contribution in [2.45, 2.75) is 0 Å². The molecular weight excluding hydrogens is 410 g/mol. The van der Waals surface area contributed by atoms with Crippen LogP contribution in [0.4, 0.5) is 5.82 Å². The summed E-state index contributed by atoms with van der Waals surface area (Å²) in [5.74, 6) is 0.238. The summed E-state index contributed by atoms with van der Waals surface area (Å²) in [6.07, 6.45) is 1.64. The molecule has 0 atom stereocenters. The molecule has 4 nitrogen and oxygen atoms in total. The summed E-state index contributed by atoms with van der Waals surface area (Å²) in [4.78, 5) is 16.7. The lowest BCUT2D eigenvalue weighted by molar-refractivity contribution is 0.0979. The SMILES string of the molecule is O=C(NC(=S)Nc1ccc(Br)cn1)c1cccc2c(Cl)cccc12. The molecule has 1 aromatic heterocycles. The van der Waals surface area contributed by atoms with Crippen molar-refractivity contribution in [2.24, 2.45) is 0 Å². The number of halogens is 2. The number of benzene rings is 2. The van der Waals surface area contributed by atoms with Gasteiger partial charge >= 0.3 is 0 Å². The minimum atomic E-state index is -0.308. The lowest BCUT2D eigenvalue weighted by atomic mass is 10.0. The van der Waals surface area contributed by atoms with Gasteiger partial charge in [-0.2, -0.15) is 0 Å². The normalized spacial score (nSPS) is 10.4. The first-order chi connectivity index (χ1) is 11.5. The van der Waals surface area contributed by atoms with Crippen LogP contribution in [0.3, 0.4) is 0 Å². The fraction of sp³-hybridized carbons (Fsp3) is 0. The molecule has 0 spiro atoms. The van der Waals surface area contributed by atoms with Crippen LogP contribution in [0.2, 0.25) is 5.02 Å². The van der Waals surface area contributed by atoms with Crippen molar-refractivity contribution in [1.29, 1.82) is 0 Å². The highest BCUT2D eigenvalue weighted by atomic mass is 79.9. The van der Waals surface area contributed by atoms with E-state index in [9.17, 15) is 4.79 Å². The third-order valence-electron chi connectivity index (χ3n) is 3.31. The van der Waals surface area contributed by atoms with Gasteiger partial charge in [-0.3, -0.25) is 10.1 Å². The van der Waals surface area contributed by atoms with Crippen molar-refractivity contribution in [3.8, 4) is 0 Å². The Labute approximate surface area is 157 Å². The van der Waals surface area contributed by atoms with E-state index in [0.29, 0.717) is 16.4 Å². The van der Waals surface area contributed by atoms with Gasteiger partial charge in [0.1, 0.15) is 5.82 Å². The van der Waals surface area contributed by atoms with Gasteiger partial charge in [-0.15, -0.1) is 0 Å². The maximum absolute atomic E-state index is 12.5. The van der Waals surface area contributed by atoms with Gasteiger partial charge in [0.25, 0.3) is 5.91 Å². The maximum Gasteiger partial charge on any atom is 0.258 e. The zero-order valence-corrected chi connectivity index (χ0v) is 15.4. The summed E-state index contributed by atoms with van der Waals surface area (Å²) in [6.45, 7) is 0. The predicted octanol–water partition coefficient (Wildman–Crippen LogP) is 4.78. The second-order valence-electron chi connectivity index (χ2n) is 4.91. The van der Waals surface area contributed by atoms with Gasteiger partial charge in [0, 0.05) is 26.6 Å². The molecule has 24 heavy (non-hydrogen) atoms. The molecule has 0 aliphatic carbocycles. The van der Waals surface area contributed by atoms with Gasteiger partial charge in [-0.25, -0.2) is 4.98 Å². The van der Waals surface area contributed by atoms with Gasteiger partial charge in [-0.05, 0) is 57.8 Å². The van der Waals surface area contributed by atoms with Crippen molar-refractivity contribution in [1.82, 2.24) is 10.3 Å². The number of anilines is 1. The number of carbonyl (C=O) groups is 1. The summed E-state index contributed by atoms with van der Waals surface area (Å²) in [6, 6.07) is 14.4. The van der Waals surface area contributed by atoms with Crippen LogP contribution in [0.5, 0.6) is 0 Å². The quantitative estimate of drug-likeness (QED) is 0.586. The van der Waals surface area contributed by atoms with Crippen LogP contribution in [0, 0.1) is 0 Å². The summed E-state index contributed by atoms with van der Waals surface area (Å²) >= 11 is 14.7. The first kappa shape index (κ1) is 16.8. The molecule has 3 aromatic rings. The van der Waals surface area contributed by atoms with Crippen LogP contribution in [0.25, 0.3) is 10.8 Å². The van der Waals surface area contributed by atoms with E-state index >= 15 is 0 Å². The van der Waals surface area contributed by atoms with Crippen LogP contribution in [-0.4, -0.2) is 16.0 Å². The number of hydrogen-bond acceptors (Lipinski definition) is 3. The van der Waals surface area contributed by atoms with Crippen molar-refractivity contribution in [3.63, 3.8) is 0 Å². The second kappa shape index (κ2) is 7.25. The molecule has 120 valence electrons. The Morgan fingerprint density at radius 1 is 1.08 bits per heavy atom. The summed E-state index contributed by atoms with van der Waals surface area (Å²) in [7, 11) is 0. The molecule has 2 aromatic carbocycles. The summed E-state index contributed by atoms with van der Waals surface area (Å²) in [5.41, 5.74) is 0.503. The average Bonchev–Trinajstić information content (AvgIpc) is 2.57. The number of fused-ring (bicyclic) bond motifs is 1. The number of thiocarbonyl (C=S) groups is 1. The van der Waals surface area contributed by atoms with Crippen molar-refractivity contribution < 1.29 is 4.79 Å². The zero-order chi connectivity index (χ0) is 17.1. The molecule has 0 bridgehead atoms. The summed E-state index contributed by atoms with van der Waals surface area (Å²) in [5, 5.41) is 7.89. The Morgan fingerprint density at radius 3 is 2.58 bits per heavy atom. The van der Waals surface area contributed by atoms with Crippen LogP contribution >= 0.6 is 39.7 Å². The van der Waals surface area contributed by atoms with Crippen molar-refractivity contribution >= 4 is 67.4 Å². The van der Waals surface area contributed by atoms with Crippen molar-refractivity contribution in [2.75, 3.05) is 5.32 Å². The number of amides is 1. The van der Waals surface area contributed by atoms with E-state index in [-0.39, 0.29) is 11.0 Å². The molecule has 0 unspecified atom stereocenters. The molecular formula is C17H11BrClN3OS. The fourth-order valence-corrected chi connectivity index (χ4v) is 2.91. The maximum atomic E-state index is 12.5. The molecule has 0 radical (unpaired) electrons. The van der Waals surface area contributed by atoms with E-state index in [1.807, 2.05) is 24.3 Å². The van der Waals surface area contributed by atoms with Crippen LogP contribution in [0.15, 0.2) is 59.2 Å². The smallest absolute Gasteiger partial charge is 0.258 e. The Balaban J connectivity index is 1.79. The van der Waals surface area contributed by atoms with Gasteiger partial charge in [0.15, 0.2) is 5.11 Å². The van der Waals surface area contributed by atoms with Gasteiger partial charge < -0.3 is 5.32 Å². The number of pyridine rings is 1. The van der Waals surface area contributed by atoms with Crippen LogP contribution in [0.1, 0.15) is 10.4 Å². The second-order valence-corrected chi connectivity index (χ2v) is 6.64. The lowest BCUT2D eigenvalue weighted by Crippen LogP contribution is -2.34. The molecule has 0 saturated heterocycles. The molecule has 3 rings (SSSR count). The first-order valence-electron chi connectivity index (χ1n) is 6.96. The highest BCUT2D eigenvalue weighted by Crippen LogP contribution is 2.25. The molecule has 1 heterocycles. The number of rotatable bonds is 2. The Bertz CT molecular complexity index is 931. The largest absolute Gasteiger partial charge is 0.317 e. The monoisotopic (exact) mass is 419 g/mol. The van der Waals surface area contributed by atoms with E-state index in [2.05, 4.69) is 31.5 Å². The van der Waals surface area contributed by atoms with E-state index in [4.69, 9.17) is 23.8 Å². The minimum Gasteiger partial charge on any atom is -0.317 e. The molecule has 1 amide bonds. The zero-order valence-electron chi connectivity index (χ0n) is 12.2. The molecule has 0 aliphatic rings. The van der Waals surface area contributed by atoms with Crippen LogP contribution in [-0.2, 0) is 0 Å². The molecule has 7 heteroatoms. The molecule has 0 fully saturated rings. The number of hydrogen-bond donors (Lipinski definition) is 2. The number of aromatic nitrogens is 1. The van der Waals surface area contributed by atoms with E-state index < -0.39 is 0 Å². The van der Waals surface area contributed by atoms with E-state index in [1.54, 1.807) is 30.5 Å². The Morgan fingerprint density at radius 2 is 1.83 bits per heavy atom. The van der Waals surface area contributed by atoms with E-state index in [0.717, 1.165) is 15.2 Å². The third-order valence-corrected chi connectivity index (χ3v) is 4.31. The van der Waals surface area contributed by atoms with Crippen molar-refractivity contribution in [3.05, 3.63) is 69.8 Å². The number of carbonyl (C=O) groups excluding carboxylic acids is 1. The van der Waals surface area contributed by atoms with Gasteiger partial charge in [0.05, 0.1) is 0 Å². The average molecular weight is 421 g/mol. The highest BCUT2D eigenvalue weighted by molar-refractivity contribution is 9.10. The standard InChI is InChI=1S/C17H11BrClN3OS/c18-10-7-8-15(20-9-10)21-17(24)22-16(23)13-5-1-4-12-11(13)3-2-6-14(12)19/h1-9H,(H2,20,21,22,23,24). The molecule has 0 aliphatic heterocycles. The number of nitrogens with zero attached hydrogens (tertiary/aromatic N) is 1.